The summed E-state index contributed by atoms with van der Waals surface area (Å²) in [6.45, 7) is 0. The molecule has 0 aliphatic rings. The first-order valence-corrected chi connectivity index (χ1v) is 6.08. The minimum Gasteiger partial charge on any atom is -0.384 e. The van der Waals surface area contributed by atoms with Crippen LogP contribution in [0.1, 0.15) is 0 Å². The molecule has 0 aliphatic carbocycles. The maximum absolute atomic E-state index is 11.4. The van der Waals surface area contributed by atoms with Crippen molar-refractivity contribution in [3.63, 3.8) is 0 Å². The van der Waals surface area contributed by atoms with Gasteiger partial charge in [-0.15, -0.1) is 0 Å². The Balaban J connectivity index is 2.88. The van der Waals surface area contributed by atoms with Crippen LogP contribution in [0.4, 0.5) is 5.82 Å². The summed E-state index contributed by atoms with van der Waals surface area (Å²) in [5.41, 5.74) is 6.16. The maximum atomic E-state index is 11.4. The van der Waals surface area contributed by atoms with Crippen LogP contribution >= 0.6 is 15.9 Å². The number of anilines is 1. The topological polar surface area (TPSA) is 73.3 Å². The number of nitrogens with zero attached hydrogens (tertiary/aromatic N) is 3. The largest absolute Gasteiger partial charge is 0.384 e. The number of fused-ring (bicyclic) bond motifs is 1. The average molecular weight is 275 g/mol. The predicted octanol–water partition coefficient (Wildman–Crippen LogP) is 0.811. The minimum atomic E-state index is -1.14. The molecule has 0 amide bonds. The van der Waals surface area contributed by atoms with Gasteiger partial charge < -0.3 is 5.73 Å². The molecule has 0 spiro atoms. The fourth-order valence-electron chi connectivity index (χ4n) is 1.13. The van der Waals surface area contributed by atoms with Crippen LogP contribution in [-0.2, 0) is 10.8 Å². The molecule has 14 heavy (non-hydrogen) atoms. The fourth-order valence-corrected chi connectivity index (χ4v) is 2.14. The Kier molecular flexibility index (Phi) is 2.28. The van der Waals surface area contributed by atoms with Gasteiger partial charge in [0.1, 0.15) is 10.8 Å². The van der Waals surface area contributed by atoms with Crippen LogP contribution in [0.25, 0.3) is 5.65 Å². The summed E-state index contributed by atoms with van der Waals surface area (Å²) in [5.74, 6) is 0.337. The molecular weight excluding hydrogens is 268 g/mol. The summed E-state index contributed by atoms with van der Waals surface area (Å²) in [4.78, 5) is 4.08. The SMILES string of the molecule is CS(=O)c1cc(N)nc2c(Br)cnn12. The number of hydrogen-bond donors (Lipinski definition) is 1. The second-order valence-corrected chi connectivity index (χ2v) is 4.88. The van der Waals surface area contributed by atoms with Crippen LogP contribution in [-0.4, -0.2) is 25.1 Å². The lowest BCUT2D eigenvalue weighted by atomic mass is 10.5. The van der Waals surface area contributed by atoms with Crippen molar-refractivity contribution in [3.05, 3.63) is 16.7 Å². The zero-order valence-electron chi connectivity index (χ0n) is 7.27. The van der Waals surface area contributed by atoms with Gasteiger partial charge >= 0.3 is 0 Å². The second kappa shape index (κ2) is 3.32. The summed E-state index contributed by atoms with van der Waals surface area (Å²) in [6.07, 6.45) is 3.17. The molecule has 2 rings (SSSR count). The minimum absolute atomic E-state index is 0.337. The van der Waals surface area contributed by atoms with E-state index in [0.717, 1.165) is 4.47 Å². The van der Waals surface area contributed by atoms with E-state index in [9.17, 15) is 4.21 Å². The van der Waals surface area contributed by atoms with E-state index in [-0.39, 0.29) is 0 Å². The Morgan fingerprint density at radius 1 is 1.64 bits per heavy atom. The normalized spacial score (nSPS) is 13.3. The highest BCUT2D eigenvalue weighted by atomic mass is 79.9. The Bertz CT molecular complexity index is 524. The van der Waals surface area contributed by atoms with Gasteiger partial charge in [0.15, 0.2) is 5.65 Å². The predicted molar refractivity (Wildman–Crippen MR) is 57.4 cm³/mol. The molecule has 2 heterocycles. The molecular formula is C7H7BrN4OS. The number of nitrogens with two attached hydrogens (primary N) is 1. The van der Waals surface area contributed by atoms with Crippen LogP contribution in [0.2, 0.25) is 0 Å². The lowest BCUT2D eigenvalue weighted by molar-refractivity contribution is 0.678. The van der Waals surface area contributed by atoms with Crippen molar-refractivity contribution in [2.24, 2.45) is 0 Å². The molecule has 0 aliphatic heterocycles. The van der Waals surface area contributed by atoms with Gasteiger partial charge in [-0.2, -0.15) is 5.10 Å². The van der Waals surface area contributed by atoms with E-state index in [1.54, 1.807) is 18.5 Å². The molecule has 0 aromatic carbocycles. The van der Waals surface area contributed by atoms with Crippen molar-refractivity contribution in [2.75, 3.05) is 12.0 Å². The van der Waals surface area contributed by atoms with Crippen LogP contribution in [0.3, 0.4) is 0 Å². The highest BCUT2D eigenvalue weighted by Gasteiger charge is 2.10. The van der Waals surface area contributed by atoms with Crippen molar-refractivity contribution in [1.29, 1.82) is 0 Å². The number of halogens is 1. The Hall–Kier alpha value is -0.950. The summed E-state index contributed by atoms with van der Waals surface area (Å²) >= 11 is 3.28. The molecule has 74 valence electrons. The van der Waals surface area contributed by atoms with Gasteiger partial charge in [-0.05, 0) is 15.9 Å². The standard InChI is InChI=1S/C7H7BrN4OS/c1-14(13)6-2-5(9)11-7-4(8)3-10-12(6)7/h2-3H,1H3,(H2,9,11). The molecule has 2 aromatic rings. The molecule has 2 N–H and O–H groups in total. The first kappa shape index (κ1) is 9.60. The highest BCUT2D eigenvalue weighted by Crippen LogP contribution is 2.19. The van der Waals surface area contributed by atoms with Gasteiger partial charge in [-0.3, -0.25) is 4.21 Å². The average Bonchev–Trinajstić information content (AvgIpc) is 2.47. The monoisotopic (exact) mass is 274 g/mol. The first-order valence-electron chi connectivity index (χ1n) is 3.73. The molecule has 1 unspecified atom stereocenters. The summed E-state index contributed by atoms with van der Waals surface area (Å²) < 4.78 is 13.6. The van der Waals surface area contributed by atoms with Crippen molar-refractivity contribution < 1.29 is 4.21 Å². The molecule has 0 saturated carbocycles. The van der Waals surface area contributed by atoms with Gasteiger partial charge in [0.05, 0.1) is 21.5 Å². The Labute approximate surface area is 90.9 Å². The van der Waals surface area contributed by atoms with Crippen molar-refractivity contribution in [3.8, 4) is 0 Å². The number of nitrogen functional groups attached to an aromatic ring is 1. The second-order valence-electron chi connectivity index (χ2n) is 2.70. The summed E-state index contributed by atoms with van der Waals surface area (Å²) in [7, 11) is -1.14. The molecule has 0 radical (unpaired) electrons. The Morgan fingerprint density at radius 2 is 2.36 bits per heavy atom. The summed E-state index contributed by atoms with van der Waals surface area (Å²) in [5, 5.41) is 4.58. The number of aromatic nitrogens is 3. The first-order chi connectivity index (χ1) is 6.59. The Morgan fingerprint density at radius 3 is 3.00 bits per heavy atom. The van der Waals surface area contributed by atoms with Crippen LogP contribution in [0.5, 0.6) is 0 Å². The van der Waals surface area contributed by atoms with E-state index in [0.29, 0.717) is 16.5 Å². The zero-order chi connectivity index (χ0) is 10.3. The van der Waals surface area contributed by atoms with E-state index < -0.39 is 10.8 Å². The third-order valence-electron chi connectivity index (χ3n) is 1.71. The van der Waals surface area contributed by atoms with Crippen molar-refractivity contribution in [2.45, 2.75) is 5.03 Å². The molecule has 0 fully saturated rings. The van der Waals surface area contributed by atoms with Gasteiger partial charge in [0.25, 0.3) is 0 Å². The van der Waals surface area contributed by atoms with Gasteiger partial charge in [0.2, 0.25) is 0 Å². The lowest BCUT2D eigenvalue weighted by Gasteiger charge is -2.02. The molecule has 2 aromatic heterocycles. The number of hydrogen-bond acceptors (Lipinski definition) is 4. The smallest absolute Gasteiger partial charge is 0.172 e. The molecule has 0 saturated heterocycles. The van der Waals surface area contributed by atoms with E-state index in [4.69, 9.17) is 5.73 Å². The molecule has 0 bridgehead atoms. The van der Waals surface area contributed by atoms with Crippen LogP contribution in [0, 0.1) is 0 Å². The number of rotatable bonds is 1. The fraction of sp³-hybridized carbons (Fsp3) is 0.143. The molecule has 5 nitrogen and oxygen atoms in total. The van der Waals surface area contributed by atoms with Crippen LogP contribution in [0.15, 0.2) is 21.8 Å². The van der Waals surface area contributed by atoms with Gasteiger partial charge in [-0.25, -0.2) is 9.50 Å². The molecule has 1 atom stereocenters. The maximum Gasteiger partial charge on any atom is 0.172 e. The van der Waals surface area contributed by atoms with E-state index >= 15 is 0 Å². The van der Waals surface area contributed by atoms with Crippen LogP contribution < -0.4 is 5.73 Å². The third kappa shape index (κ3) is 1.42. The summed E-state index contributed by atoms with van der Waals surface area (Å²) in [6, 6.07) is 1.56. The highest BCUT2D eigenvalue weighted by molar-refractivity contribution is 9.10. The zero-order valence-corrected chi connectivity index (χ0v) is 9.67. The lowest BCUT2D eigenvalue weighted by Crippen LogP contribution is -2.04. The van der Waals surface area contributed by atoms with Gasteiger partial charge in [0, 0.05) is 12.3 Å². The van der Waals surface area contributed by atoms with E-state index in [1.807, 2.05) is 0 Å². The third-order valence-corrected chi connectivity index (χ3v) is 3.15. The van der Waals surface area contributed by atoms with Crippen molar-refractivity contribution >= 4 is 38.2 Å². The van der Waals surface area contributed by atoms with Crippen molar-refractivity contribution in [1.82, 2.24) is 14.6 Å². The molecule has 7 heteroatoms. The van der Waals surface area contributed by atoms with E-state index in [2.05, 4.69) is 26.0 Å². The van der Waals surface area contributed by atoms with Gasteiger partial charge in [-0.1, -0.05) is 0 Å². The quantitative estimate of drug-likeness (QED) is 0.782. The van der Waals surface area contributed by atoms with E-state index in [1.165, 1.54) is 4.52 Å².